The standard InChI is InChI=1S/C13H22N2O3/c1-13(2)9(10(13)12(17)18)11(16)14-5-8-15-6-3-4-7-15/h9-10H,3-8H2,1-2H3,(H,14,16)(H,17,18). The monoisotopic (exact) mass is 254 g/mol. The van der Waals surface area contributed by atoms with Gasteiger partial charge in [-0.25, -0.2) is 0 Å². The number of carbonyl (C=O) groups excluding carboxylic acids is 1. The van der Waals surface area contributed by atoms with Crippen LogP contribution in [-0.4, -0.2) is 48.1 Å². The van der Waals surface area contributed by atoms with Gasteiger partial charge in [-0.2, -0.15) is 0 Å². The molecule has 18 heavy (non-hydrogen) atoms. The minimum atomic E-state index is -0.861. The molecule has 1 saturated heterocycles. The average Bonchev–Trinajstić information content (AvgIpc) is 2.65. The van der Waals surface area contributed by atoms with E-state index in [0.29, 0.717) is 6.54 Å². The Morgan fingerprint density at radius 2 is 1.89 bits per heavy atom. The highest BCUT2D eigenvalue weighted by Gasteiger charge is 2.65. The predicted molar refractivity (Wildman–Crippen MR) is 67.1 cm³/mol. The van der Waals surface area contributed by atoms with Crippen LogP contribution < -0.4 is 5.32 Å². The number of carboxylic acids is 1. The highest BCUT2D eigenvalue weighted by atomic mass is 16.4. The molecule has 2 atom stereocenters. The summed E-state index contributed by atoms with van der Waals surface area (Å²) in [4.78, 5) is 25.2. The summed E-state index contributed by atoms with van der Waals surface area (Å²) in [5.74, 6) is -1.86. The molecule has 5 nitrogen and oxygen atoms in total. The van der Waals surface area contributed by atoms with Gasteiger partial charge in [0.25, 0.3) is 0 Å². The molecule has 5 heteroatoms. The molecule has 2 N–H and O–H groups in total. The first-order valence-electron chi connectivity index (χ1n) is 6.67. The van der Waals surface area contributed by atoms with Gasteiger partial charge in [0.1, 0.15) is 0 Å². The molecule has 0 bridgehead atoms. The van der Waals surface area contributed by atoms with Gasteiger partial charge in [0.05, 0.1) is 11.8 Å². The second-order valence-corrected chi connectivity index (χ2v) is 5.95. The molecule has 1 saturated carbocycles. The summed E-state index contributed by atoms with van der Waals surface area (Å²) >= 11 is 0. The van der Waals surface area contributed by atoms with E-state index >= 15 is 0 Å². The van der Waals surface area contributed by atoms with Gasteiger partial charge in [-0.05, 0) is 31.3 Å². The van der Waals surface area contributed by atoms with Gasteiger partial charge in [0.15, 0.2) is 0 Å². The Morgan fingerprint density at radius 1 is 1.28 bits per heavy atom. The van der Waals surface area contributed by atoms with Crippen LogP contribution in [0.2, 0.25) is 0 Å². The molecule has 1 heterocycles. The van der Waals surface area contributed by atoms with E-state index in [0.717, 1.165) is 19.6 Å². The zero-order valence-electron chi connectivity index (χ0n) is 11.1. The molecule has 2 rings (SSSR count). The van der Waals surface area contributed by atoms with E-state index in [4.69, 9.17) is 5.11 Å². The van der Waals surface area contributed by atoms with E-state index in [-0.39, 0.29) is 11.8 Å². The average molecular weight is 254 g/mol. The number of nitrogens with zero attached hydrogens (tertiary/aromatic N) is 1. The van der Waals surface area contributed by atoms with Crippen LogP contribution in [0.3, 0.4) is 0 Å². The van der Waals surface area contributed by atoms with Gasteiger partial charge in [-0.1, -0.05) is 13.8 Å². The van der Waals surface area contributed by atoms with Crippen molar-refractivity contribution in [1.29, 1.82) is 0 Å². The normalized spacial score (nSPS) is 30.1. The summed E-state index contributed by atoms with van der Waals surface area (Å²) in [5, 5.41) is 11.9. The smallest absolute Gasteiger partial charge is 0.307 e. The Bertz CT molecular complexity index is 348. The molecular weight excluding hydrogens is 232 g/mol. The van der Waals surface area contributed by atoms with Crippen molar-refractivity contribution >= 4 is 11.9 Å². The highest BCUT2D eigenvalue weighted by molar-refractivity contribution is 5.91. The molecule has 0 radical (unpaired) electrons. The van der Waals surface area contributed by atoms with Crippen LogP contribution in [0.25, 0.3) is 0 Å². The van der Waals surface area contributed by atoms with Crippen molar-refractivity contribution in [3.8, 4) is 0 Å². The van der Waals surface area contributed by atoms with Gasteiger partial charge >= 0.3 is 5.97 Å². The maximum atomic E-state index is 11.9. The van der Waals surface area contributed by atoms with E-state index in [9.17, 15) is 9.59 Å². The first kappa shape index (κ1) is 13.3. The lowest BCUT2D eigenvalue weighted by atomic mass is 10.1. The third kappa shape index (κ3) is 2.51. The van der Waals surface area contributed by atoms with Crippen molar-refractivity contribution in [3.63, 3.8) is 0 Å². The molecule has 2 aliphatic rings. The molecule has 1 amide bonds. The van der Waals surface area contributed by atoms with E-state index < -0.39 is 17.3 Å². The van der Waals surface area contributed by atoms with E-state index in [1.165, 1.54) is 12.8 Å². The Hall–Kier alpha value is -1.10. The Balaban J connectivity index is 1.74. The maximum Gasteiger partial charge on any atom is 0.307 e. The van der Waals surface area contributed by atoms with Crippen LogP contribution in [-0.2, 0) is 9.59 Å². The van der Waals surface area contributed by atoms with Crippen LogP contribution in [0, 0.1) is 17.3 Å². The number of aliphatic carboxylic acids is 1. The van der Waals surface area contributed by atoms with Crippen molar-refractivity contribution in [3.05, 3.63) is 0 Å². The van der Waals surface area contributed by atoms with Crippen LogP contribution in [0.1, 0.15) is 26.7 Å². The number of carbonyl (C=O) groups is 2. The van der Waals surface area contributed by atoms with E-state index in [1.807, 2.05) is 13.8 Å². The minimum absolute atomic E-state index is 0.105. The number of hydrogen-bond acceptors (Lipinski definition) is 3. The predicted octanol–water partition coefficient (Wildman–Crippen LogP) is 0.555. The topological polar surface area (TPSA) is 69.6 Å². The van der Waals surface area contributed by atoms with Gasteiger partial charge in [0.2, 0.25) is 5.91 Å². The van der Waals surface area contributed by atoms with Crippen molar-refractivity contribution in [2.24, 2.45) is 17.3 Å². The highest BCUT2D eigenvalue weighted by Crippen LogP contribution is 2.58. The minimum Gasteiger partial charge on any atom is -0.481 e. The first-order chi connectivity index (χ1) is 8.44. The lowest BCUT2D eigenvalue weighted by Crippen LogP contribution is -2.35. The van der Waals surface area contributed by atoms with E-state index in [1.54, 1.807) is 0 Å². The Morgan fingerprint density at radius 3 is 2.39 bits per heavy atom. The van der Waals surface area contributed by atoms with Crippen LogP contribution in [0.5, 0.6) is 0 Å². The van der Waals surface area contributed by atoms with Crippen LogP contribution in [0.15, 0.2) is 0 Å². The third-order valence-corrected chi connectivity index (χ3v) is 4.30. The molecule has 0 spiro atoms. The summed E-state index contributed by atoms with van der Waals surface area (Å²) in [6, 6.07) is 0. The maximum absolute atomic E-state index is 11.9. The molecule has 2 fully saturated rings. The molecule has 0 aromatic carbocycles. The number of rotatable bonds is 5. The third-order valence-electron chi connectivity index (χ3n) is 4.30. The van der Waals surface area contributed by atoms with Crippen molar-refractivity contribution in [2.45, 2.75) is 26.7 Å². The molecule has 102 valence electrons. The van der Waals surface area contributed by atoms with Gasteiger partial charge in [0, 0.05) is 13.1 Å². The van der Waals surface area contributed by atoms with Gasteiger partial charge in [-0.15, -0.1) is 0 Å². The van der Waals surface area contributed by atoms with Crippen molar-refractivity contribution in [1.82, 2.24) is 10.2 Å². The summed E-state index contributed by atoms with van der Waals surface area (Å²) in [5.41, 5.74) is -0.399. The molecule has 2 unspecified atom stereocenters. The Kier molecular flexibility index (Phi) is 3.61. The molecular formula is C13H22N2O3. The number of carboxylic acid groups (broad SMARTS) is 1. The lowest BCUT2D eigenvalue weighted by Gasteiger charge is -2.14. The van der Waals surface area contributed by atoms with Crippen LogP contribution >= 0.6 is 0 Å². The second kappa shape index (κ2) is 4.88. The van der Waals surface area contributed by atoms with Crippen molar-refractivity contribution < 1.29 is 14.7 Å². The van der Waals surface area contributed by atoms with Gasteiger partial charge in [-0.3, -0.25) is 9.59 Å². The summed E-state index contributed by atoms with van der Waals surface area (Å²) in [6.07, 6.45) is 2.48. The largest absolute Gasteiger partial charge is 0.481 e. The fraction of sp³-hybridized carbons (Fsp3) is 0.846. The SMILES string of the molecule is CC1(C)C(C(=O)O)C1C(=O)NCCN1CCCC1. The molecule has 0 aromatic rings. The van der Waals surface area contributed by atoms with E-state index in [2.05, 4.69) is 10.2 Å². The fourth-order valence-electron chi connectivity index (χ4n) is 3.04. The van der Waals surface area contributed by atoms with Crippen LogP contribution in [0.4, 0.5) is 0 Å². The number of nitrogens with one attached hydrogen (secondary N) is 1. The fourth-order valence-corrected chi connectivity index (χ4v) is 3.04. The first-order valence-corrected chi connectivity index (χ1v) is 6.67. The number of likely N-dealkylation sites (tertiary alicyclic amines) is 1. The lowest BCUT2D eigenvalue weighted by molar-refractivity contribution is -0.140. The molecule has 1 aliphatic heterocycles. The second-order valence-electron chi connectivity index (χ2n) is 5.95. The summed E-state index contributed by atoms with van der Waals surface area (Å²) in [6.45, 7) is 7.41. The molecule has 0 aromatic heterocycles. The Labute approximate surface area is 108 Å². The quantitative estimate of drug-likeness (QED) is 0.752. The number of hydrogen-bond donors (Lipinski definition) is 2. The number of amides is 1. The van der Waals surface area contributed by atoms with Crippen molar-refractivity contribution in [2.75, 3.05) is 26.2 Å². The zero-order valence-corrected chi connectivity index (χ0v) is 11.1. The summed E-state index contributed by atoms with van der Waals surface area (Å²) < 4.78 is 0. The van der Waals surface area contributed by atoms with Gasteiger partial charge < -0.3 is 15.3 Å². The molecule has 1 aliphatic carbocycles. The summed E-state index contributed by atoms with van der Waals surface area (Å²) in [7, 11) is 0. The zero-order chi connectivity index (χ0) is 13.3.